The quantitative estimate of drug-likeness (QED) is 0.352. The zero-order valence-electron chi connectivity index (χ0n) is 15.9. The lowest BCUT2D eigenvalue weighted by molar-refractivity contribution is 0.413. The summed E-state index contributed by atoms with van der Waals surface area (Å²) in [7, 11) is 3.33. The molecule has 0 unspecified atom stereocenters. The summed E-state index contributed by atoms with van der Waals surface area (Å²) in [6, 6.07) is 17.8. The SMILES string of the molecule is CC.COc1ccc2c(c1)-c1nc3ccc(OC)cc3c3cccc(c13)O2. The lowest BCUT2D eigenvalue weighted by atomic mass is 9.96. The van der Waals surface area contributed by atoms with Gasteiger partial charge in [-0.25, -0.2) is 4.98 Å². The van der Waals surface area contributed by atoms with Gasteiger partial charge in [0.05, 0.1) is 30.8 Å². The smallest absolute Gasteiger partial charge is 0.137 e. The average molecular weight is 359 g/mol. The number of nitrogens with zero attached hydrogens (tertiary/aromatic N) is 1. The number of rotatable bonds is 2. The van der Waals surface area contributed by atoms with Crippen molar-refractivity contribution < 1.29 is 14.2 Å². The third-order valence-corrected chi connectivity index (χ3v) is 4.65. The fraction of sp³-hybridized carbons (Fsp3) is 0.174. The number of pyridine rings is 1. The Morgan fingerprint density at radius 3 is 2.30 bits per heavy atom. The second-order valence-corrected chi connectivity index (χ2v) is 5.99. The molecular formula is C23H21NO3. The fourth-order valence-electron chi connectivity index (χ4n) is 3.44. The molecule has 1 aliphatic rings. The number of hydrogen-bond acceptors (Lipinski definition) is 4. The molecule has 0 saturated heterocycles. The van der Waals surface area contributed by atoms with Crippen LogP contribution in [0.25, 0.3) is 32.9 Å². The van der Waals surface area contributed by atoms with Gasteiger partial charge in [-0.05, 0) is 47.9 Å². The summed E-state index contributed by atoms with van der Waals surface area (Å²) in [5.41, 5.74) is 2.79. The van der Waals surface area contributed by atoms with Crippen LogP contribution in [0.5, 0.6) is 23.0 Å². The highest BCUT2D eigenvalue weighted by molar-refractivity contribution is 6.14. The number of fused-ring (bicyclic) bond motifs is 4. The van der Waals surface area contributed by atoms with E-state index in [-0.39, 0.29) is 0 Å². The molecule has 0 amide bonds. The highest BCUT2D eigenvalue weighted by atomic mass is 16.5. The van der Waals surface area contributed by atoms with Gasteiger partial charge in [-0.15, -0.1) is 0 Å². The second kappa shape index (κ2) is 6.80. The Hall–Kier alpha value is -3.27. The predicted octanol–water partition coefficient (Wildman–Crippen LogP) is 6.20. The summed E-state index contributed by atoms with van der Waals surface area (Å²) >= 11 is 0. The number of aromatic nitrogens is 1. The van der Waals surface area contributed by atoms with Crippen LogP contribution >= 0.6 is 0 Å². The molecule has 4 aromatic rings. The molecule has 1 aromatic heterocycles. The van der Waals surface area contributed by atoms with Crippen LogP contribution in [-0.4, -0.2) is 19.2 Å². The summed E-state index contributed by atoms with van der Waals surface area (Å²) in [4.78, 5) is 4.93. The molecule has 0 aliphatic carbocycles. The molecule has 0 saturated carbocycles. The highest BCUT2D eigenvalue weighted by Gasteiger charge is 2.23. The highest BCUT2D eigenvalue weighted by Crippen LogP contribution is 2.48. The van der Waals surface area contributed by atoms with Gasteiger partial charge in [0.2, 0.25) is 0 Å². The monoisotopic (exact) mass is 359 g/mol. The van der Waals surface area contributed by atoms with E-state index in [2.05, 4.69) is 6.07 Å². The van der Waals surface area contributed by atoms with Crippen LogP contribution in [0.2, 0.25) is 0 Å². The maximum atomic E-state index is 6.13. The largest absolute Gasteiger partial charge is 0.497 e. The Labute approximate surface area is 158 Å². The predicted molar refractivity (Wildman–Crippen MR) is 109 cm³/mol. The van der Waals surface area contributed by atoms with Gasteiger partial charge in [0.25, 0.3) is 0 Å². The van der Waals surface area contributed by atoms with E-state index < -0.39 is 0 Å². The Morgan fingerprint density at radius 2 is 1.52 bits per heavy atom. The van der Waals surface area contributed by atoms with Crippen LogP contribution in [-0.2, 0) is 0 Å². The number of methoxy groups -OCH3 is 2. The first-order chi connectivity index (χ1) is 13.3. The van der Waals surface area contributed by atoms with E-state index >= 15 is 0 Å². The maximum absolute atomic E-state index is 6.13. The lowest BCUT2D eigenvalue weighted by Crippen LogP contribution is -2.00. The van der Waals surface area contributed by atoms with Gasteiger partial charge < -0.3 is 14.2 Å². The zero-order chi connectivity index (χ0) is 19.0. The molecule has 136 valence electrons. The average Bonchev–Trinajstić information content (AvgIpc) is 2.74. The number of benzene rings is 3. The van der Waals surface area contributed by atoms with E-state index in [9.17, 15) is 0 Å². The van der Waals surface area contributed by atoms with Gasteiger partial charge in [-0.3, -0.25) is 0 Å². The van der Waals surface area contributed by atoms with E-state index in [0.29, 0.717) is 0 Å². The summed E-state index contributed by atoms with van der Waals surface area (Å²) in [5, 5.41) is 3.17. The minimum atomic E-state index is 0.784. The molecule has 0 radical (unpaired) electrons. The minimum absolute atomic E-state index is 0.784. The third kappa shape index (κ3) is 2.65. The zero-order valence-corrected chi connectivity index (χ0v) is 15.9. The van der Waals surface area contributed by atoms with Crippen LogP contribution in [0.4, 0.5) is 0 Å². The first kappa shape index (κ1) is 17.2. The van der Waals surface area contributed by atoms with Crippen molar-refractivity contribution in [2.75, 3.05) is 14.2 Å². The third-order valence-electron chi connectivity index (χ3n) is 4.65. The molecule has 0 fully saturated rings. The normalized spacial score (nSPS) is 11.3. The van der Waals surface area contributed by atoms with Crippen molar-refractivity contribution >= 4 is 21.7 Å². The van der Waals surface area contributed by atoms with Crippen LogP contribution in [0.1, 0.15) is 13.8 Å². The van der Waals surface area contributed by atoms with Gasteiger partial charge in [0.15, 0.2) is 0 Å². The topological polar surface area (TPSA) is 40.6 Å². The molecule has 0 atom stereocenters. The molecule has 2 heterocycles. The summed E-state index contributed by atoms with van der Waals surface area (Å²) in [6.07, 6.45) is 0. The van der Waals surface area contributed by atoms with E-state index in [1.165, 1.54) is 0 Å². The molecular weight excluding hydrogens is 338 g/mol. The molecule has 5 rings (SSSR count). The minimum Gasteiger partial charge on any atom is -0.497 e. The van der Waals surface area contributed by atoms with Crippen molar-refractivity contribution in [3.05, 3.63) is 54.6 Å². The van der Waals surface area contributed by atoms with Gasteiger partial charge in [-0.2, -0.15) is 0 Å². The van der Waals surface area contributed by atoms with E-state index in [4.69, 9.17) is 19.2 Å². The van der Waals surface area contributed by atoms with Gasteiger partial charge in [-0.1, -0.05) is 26.0 Å². The summed E-state index contributed by atoms with van der Waals surface area (Å²) in [6.45, 7) is 4.00. The van der Waals surface area contributed by atoms with E-state index in [1.54, 1.807) is 14.2 Å². The first-order valence-electron chi connectivity index (χ1n) is 9.05. The molecule has 0 spiro atoms. The fourth-order valence-corrected chi connectivity index (χ4v) is 3.44. The molecule has 0 bridgehead atoms. The Kier molecular flexibility index (Phi) is 4.32. The molecule has 4 heteroatoms. The van der Waals surface area contributed by atoms with Gasteiger partial charge in [0, 0.05) is 10.9 Å². The van der Waals surface area contributed by atoms with E-state index in [1.807, 2.05) is 62.4 Å². The van der Waals surface area contributed by atoms with Crippen molar-refractivity contribution in [1.82, 2.24) is 4.98 Å². The molecule has 0 N–H and O–H groups in total. The van der Waals surface area contributed by atoms with Crippen molar-refractivity contribution in [3.63, 3.8) is 0 Å². The van der Waals surface area contributed by atoms with Gasteiger partial charge >= 0.3 is 0 Å². The molecule has 1 aliphatic heterocycles. The van der Waals surface area contributed by atoms with Crippen molar-refractivity contribution in [3.8, 4) is 34.3 Å². The standard InChI is InChI=1S/C21H15NO3.C2H6/c1-23-12-6-8-17-15(10-12)14-4-3-5-19-20(14)21(22-17)16-11-13(24-2)7-9-18(16)25-19;1-2/h3-11H,1-2H3;1-2H3. The maximum Gasteiger partial charge on any atom is 0.137 e. The number of hydrogen-bond donors (Lipinski definition) is 0. The van der Waals surface area contributed by atoms with Crippen LogP contribution in [0, 0.1) is 0 Å². The summed E-state index contributed by atoms with van der Waals surface area (Å²) in [5.74, 6) is 3.21. The first-order valence-corrected chi connectivity index (χ1v) is 9.05. The molecule has 3 aromatic carbocycles. The Morgan fingerprint density at radius 1 is 0.778 bits per heavy atom. The van der Waals surface area contributed by atoms with Crippen LogP contribution in [0.3, 0.4) is 0 Å². The van der Waals surface area contributed by atoms with Crippen molar-refractivity contribution in [2.24, 2.45) is 0 Å². The lowest BCUT2D eigenvalue weighted by Gasteiger charge is -2.22. The second-order valence-electron chi connectivity index (χ2n) is 5.99. The number of ether oxygens (including phenoxy) is 3. The Balaban J connectivity index is 0.000000872. The van der Waals surface area contributed by atoms with E-state index in [0.717, 1.165) is 55.9 Å². The Bertz CT molecular complexity index is 1150. The van der Waals surface area contributed by atoms with Crippen molar-refractivity contribution in [1.29, 1.82) is 0 Å². The van der Waals surface area contributed by atoms with Gasteiger partial charge in [0.1, 0.15) is 23.0 Å². The molecule has 4 nitrogen and oxygen atoms in total. The molecule has 27 heavy (non-hydrogen) atoms. The van der Waals surface area contributed by atoms with Crippen LogP contribution in [0.15, 0.2) is 54.6 Å². The van der Waals surface area contributed by atoms with Crippen molar-refractivity contribution in [2.45, 2.75) is 13.8 Å². The summed E-state index contributed by atoms with van der Waals surface area (Å²) < 4.78 is 16.9. The van der Waals surface area contributed by atoms with Crippen LogP contribution < -0.4 is 14.2 Å².